The second-order valence-corrected chi connectivity index (χ2v) is 24.3. The Hall–Kier alpha value is -6.64. The molecule has 3 rings (SSSR count). The summed E-state index contributed by atoms with van der Waals surface area (Å²) in [7, 11) is 0. The van der Waals surface area contributed by atoms with Gasteiger partial charge in [0.15, 0.2) is 11.9 Å². The molecule has 2 heterocycles. The molecule has 1 aliphatic heterocycles. The number of carboxylic acids is 1. The van der Waals surface area contributed by atoms with E-state index >= 15 is 0 Å². The SMILES string of the molecule is CC[C@H](C)[C@H](NC(=O)[C@H](CS)NC(=O)[C@H](CS)NC(=O)[C@@H](NC(=O)[C@@H]1CCCN1C(=O)[C@@H](N)CCSC)[C@@H](C)CC)C(=O)N[C@@H](CCCN=C(N)N)C(=O)N[C@@H](Cc1c[nH]c2ccccc12)C(=O)N[C@@H](CCCN=C(N)N)C(=O)N[C@@H](CCSC)C(=O)O. The van der Waals surface area contributed by atoms with Crippen LogP contribution in [0.3, 0.4) is 0 Å². The first-order valence-corrected chi connectivity index (χ1v) is 33.5. The molecule has 20 N–H and O–H groups in total. The largest absolute Gasteiger partial charge is 0.480 e. The molecule has 1 aliphatic rings. The molecule has 1 aromatic carbocycles. The number of carbonyl (C=O) groups excluding carboxylic acids is 9. The Morgan fingerprint density at radius 2 is 1.09 bits per heavy atom. The van der Waals surface area contributed by atoms with Crippen molar-refractivity contribution in [2.45, 2.75) is 159 Å². The van der Waals surface area contributed by atoms with Gasteiger partial charge in [-0.2, -0.15) is 48.8 Å². The van der Waals surface area contributed by atoms with E-state index in [9.17, 15) is 53.1 Å². The number of aliphatic carboxylic acids is 1. The van der Waals surface area contributed by atoms with Crippen molar-refractivity contribution in [2.24, 2.45) is 50.5 Å². The molecule has 492 valence electrons. The number of hydrogen-bond donors (Lipinski definition) is 17. The van der Waals surface area contributed by atoms with Gasteiger partial charge in [-0.25, -0.2) is 4.79 Å². The maximum absolute atomic E-state index is 14.8. The molecular formula is C56H93N17O11S4. The van der Waals surface area contributed by atoms with Gasteiger partial charge in [0.2, 0.25) is 53.2 Å². The fourth-order valence-electron chi connectivity index (χ4n) is 9.56. The van der Waals surface area contributed by atoms with E-state index in [0.29, 0.717) is 55.7 Å². The van der Waals surface area contributed by atoms with Crippen LogP contribution in [-0.2, 0) is 54.4 Å². The zero-order chi connectivity index (χ0) is 65.6. The molecule has 2 aromatic rings. The molecule has 1 fully saturated rings. The van der Waals surface area contributed by atoms with Crippen molar-refractivity contribution in [3.05, 3.63) is 36.0 Å². The molecule has 0 saturated carbocycles. The van der Waals surface area contributed by atoms with Crippen molar-refractivity contribution in [3.63, 3.8) is 0 Å². The minimum absolute atomic E-state index is 0.0251. The number of para-hydroxylation sites is 1. The minimum Gasteiger partial charge on any atom is -0.480 e. The topological polar surface area (TPSA) is 461 Å². The fraction of sp³-hybridized carbons (Fsp3) is 0.643. The van der Waals surface area contributed by atoms with Gasteiger partial charge in [-0.05, 0) is 98.8 Å². The van der Waals surface area contributed by atoms with Crippen LogP contribution in [0, 0.1) is 11.8 Å². The molecule has 88 heavy (non-hydrogen) atoms. The first-order chi connectivity index (χ1) is 41.8. The predicted octanol–water partition coefficient (Wildman–Crippen LogP) is -1.44. The molecule has 12 atom stereocenters. The number of fused-ring (bicyclic) bond motifs is 1. The normalized spacial score (nSPS) is 16.7. The Kier molecular flexibility index (Phi) is 33.8. The van der Waals surface area contributed by atoms with Crippen molar-refractivity contribution in [2.75, 3.05) is 55.2 Å². The van der Waals surface area contributed by atoms with Crippen LogP contribution in [-0.4, -0.2) is 202 Å². The van der Waals surface area contributed by atoms with Gasteiger partial charge in [0.25, 0.3) is 0 Å². The molecule has 1 saturated heterocycles. The molecule has 1 aromatic heterocycles. The van der Waals surface area contributed by atoms with Crippen molar-refractivity contribution >= 4 is 131 Å². The Bertz CT molecular complexity index is 2720. The molecule has 0 unspecified atom stereocenters. The lowest BCUT2D eigenvalue weighted by atomic mass is 9.97. The summed E-state index contributed by atoms with van der Waals surface area (Å²) in [6, 6.07) is -5.07. The number of likely N-dealkylation sites (tertiary alicyclic amines) is 1. The fourth-order valence-corrected chi connectivity index (χ4v) is 11.0. The van der Waals surface area contributed by atoms with Gasteiger partial charge in [0.1, 0.15) is 54.4 Å². The van der Waals surface area contributed by atoms with E-state index in [0.717, 1.165) is 10.9 Å². The van der Waals surface area contributed by atoms with Crippen LogP contribution in [0.25, 0.3) is 10.9 Å². The maximum atomic E-state index is 14.8. The number of aliphatic imine (C=N–C) groups is 2. The van der Waals surface area contributed by atoms with Crippen molar-refractivity contribution in [1.82, 2.24) is 52.4 Å². The number of carbonyl (C=O) groups is 10. The highest BCUT2D eigenvalue weighted by molar-refractivity contribution is 7.98. The van der Waals surface area contributed by atoms with Gasteiger partial charge in [-0.15, -0.1) is 0 Å². The number of hydrogen-bond acceptors (Lipinski definition) is 17. The molecule has 0 radical (unpaired) electrons. The van der Waals surface area contributed by atoms with Crippen LogP contribution in [0.15, 0.2) is 40.4 Å². The molecule has 9 amide bonds. The summed E-state index contributed by atoms with van der Waals surface area (Å²) in [6.07, 6.45) is 7.61. The Labute approximate surface area is 533 Å². The van der Waals surface area contributed by atoms with E-state index in [2.05, 4.69) is 82.8 Å². The molecule has 0 spiro atoms. The van der Waals surface area contributed by atoms with Crippen LogP contribution >= 0.6 is 48.8 Å². The highest BCUT2D eigenvalue weighted by Gasteiger charge is 2.40. The Morgan fingerprint density at radius 3 is 1.61 bits per heavy atom. The van der Waals surface area contributed by atoms with E-state index in [-0.39, 0.29) is 80.9 Å². The van der Waals surface area contributed by atoms with E-state index in [1.54, 1.807) is 51.1 Å². The lowest BCUT2D eigenvalue weighted by molar-refractivity contribution is -0.142. The van der Waals surface area contributed by atoms with Crippen LogP contribution in [0.5, 0.6) is 0 Å². The summed E-state index contributed by atoms with van der Waals surface area (Å²) in [5.41, 5.74) is 29.8. The predicted molar refractivity (Wildman–Crippen MR) is 350 cm³/mol. The van der Waals surface area contributed by atoms with Crippen molar-refractivity contribution in [1.29, 1.82) is 0 Å². The van der Waals surface area contributed by atoms with Gasteiger partial charge in [-0.3, -0.25) is 53.1 Å². The molecule has 32 heteroatoms. The molecule has 0 bridgehead atoms. The Balaban J connectivity index is 1.92. The number of guanidine groups is 2. The second kappa shape index (κ2) is 39.4. The van der Waals surface area contributed by atoms with Crippen LogP contribution < -0.4 is 71.2 Å². The number of rotatable bonds is 40. The summed E-state index contributed by atoms with van der Waals surface area (Å²) in [4.78, 5) is 152. The minimum atomic E-state index is -1.43. The lowest BCUT2D eigenvalue weighted by Crippen LogP contribution is -2.62. The summed E-state index contributed by atoms with van der Waals surface area (Å²) in [5.74, 6) is -8.76. The highest BCUT2D eigenvalue weighted by atomic mass is 32.2. The number of thiol groups is 2. The van der Waals surface area contributed by atoms with Crippen LogP contribution in [0.4, 0.5) is 0 Å². The zero-order valence-electron chi connectivity index (χ0n) is 51.0. The second-order valence-electron chi connectivity index (χ2n) is 21.6. The van der Waals surface area contributed by atoms with Crippen LogP contribution in [0.2, 0.25) is 0 Å². The summed E-state index contributed by atoms with van der Waals surface area (Å²) in [5, 5.41) is 32.2. The average Bonchev–Trinajstić information content (AvgIpc) is 2.78. The average molecular weight is 1310 g/mol. The van der Waals surface area contributed by atoms with E-state index < -0.39 is 125 Å². The number of nitrogens with two attached hydrogens (primary N) is 5. The summed E-state index contributed by atoms with van der Waals surface area (Å²) in [6.45, 7) is 7.46. The Morgan fingerprint density at radius 1 is 0.636 bits per heavy atom. The van der Waals surface area contributed by atoms with Gasteiger partial charge < -0.3 is 86.2 Å². The number of carboxylic acid groups (broad SMARTS) is 1. The van der Waals surface area contributed by atoms with E-state index in [4.69, 9.17) is 28.7 Å². The number of amides is 9. The number of aromatic nitrogens is 1. The van der Waals surface area contributed by atoms with Crippen molar-refractivity contribution in [3.8, 4) is 0 Å². The molecule has 28 nitrogen and oxygen atoms in total. The number of H-pyrrole nitrogens is 1. The van der Waals surface area contributed by atoms with Gasteiger partial charge in [0, 0.05) is 54.7 Å². The standard InChI is InChI=1S/C56H93N17O11S4/c1-7-30(3)43(71-49(78)41(29-86)69-48(77)40(28-85)70-52(81)44(31(4)8-2)72-50(79)42-18-13-23-73(42)53(82)34(57)19-24-87-5)51(80)66-37(17-12-22-63-56(60)61)46(75)68-39(26-32-27-64-35-15-10-9-14-33(32)35)47(76)65-36(16-11-21-62-55(58)59)45(74)67-38(54(83)84)20-25-88-6/h9-10,14-15,27,30-31,34,36-44,64,85-86H,7-8,11-13,16-26,28-29,57H2,1-6H3,(H,65,76)(H,66,80)(H,67,74)(H,68,75)(H,69,77)(H,70,81)(H,71,78)(H,72,79)(H,83,84)(H4,58,59,62)(H4,60,61,63)/t30-,31-,34-,36-,37-,38-,39-,40-,41-,42-,43-,44-/m0/s1. The third-order valence-electron chi connectivity index (χ3n) is 15.1. The monoisotopic (exact) mass is 1310 g/mol. The molecule has 0 aliphatic carbocycles. The van der Waals surface area contributed by atoms with E-state index in [1.165, 1.54) is 16.7 Å². The number of aromatic amines is 1. The third-order valence-corrected chi connectivity index (χ3v) is 17.1. The zero-order valence-corrected chi connectivity index (χ0v) is 54.4. The van der Waals surface area contributed by atoms with Crippen LogP contribution in [0.1, 0.15) is 97.5 Å². The number of nitrogens with zero attached hydrogens (tertiary/aromatic N) is 3. The smallest absolute Gasteiger partial charge is 0.326 e. The quantitative estimate of drug-likeness (QED) is 0.0157. The number of thioether (sulfide) groups is 2. The van der Waals surface area contributed by atoms with E-state index in [1.807, 2.05) is 31.4 Å². The first-order valence-electron chi connectivity index (χ1n) is 29.4. The van der Waals surface area contributed by atoms with Gasteiger partial charge >= 0.3 is 5.97 Å². The van der Waals surface area contributed by atoms with Gasteiger partial charge in [0.05, 0.1) is 6.04 Å². The number of nitrogens with one attached hydrogen (secondary N) is 9. The maximum Gasteiger partial charge on any atom is 0.326 e. The molecular weight excluding hydrogens is 1210 g/mol. The van der Waals surface area contributed by atoms with Gasteiger partial charge in [-0.1, -0.05) is 58.7 Å². The van der Waals surface area contributed by atoms with Crippen molar-refractivity contribution < 1.29 is 53.1 Å². The highest BCUT2D eigenvalue weighted by Crippen LogP contribution is 2.22. The first kappa shape index (κ1) is 75.6. The number of benzene rings is 1. The lowest BCUT2D eigenvalue weighted by Gasteiger charge is -2.31. The third kappa shape index (κ3) is 24.4. The summed E-state index contributed by atoms with van der Waals surface area (Å²) >= 11 is 11.6. The summed E-state index contributed by atoms with van der Waals surface area (Å²) < 4.78 is 0.